The number of carbonyl (C=O) groups excluding carboxylic acids is 1. The van der Waals surface area contributed by atoms with Gasteiger partial charge in [0.2, 0.25) is 5.91 Å². The maximum Gasteiger partial charge on any atom is 0.225 e. The first-order chi connectivity index (χ1) is 11.5. The summed E-state index contributed by atoms with van der Waals surface area (Å²) in [5.41, 5.74) is 0. The number of aliphatic imine (C=N–C) groups is 1. The molecule has 1 aromatic heterocycles. The molecular weight excluding hydrogens is 433 g/mol. The van der Waals surface area contributed by atoms with Crippen LogP contribution < -0.4 is 10.6 Å². The Morgan fingerprint density at radius 2 is 2.24 bits per heavy atom. The number of halogens is 1. The minimum atomic E-state index is 0. The van der Waals surface area contributed by atoms with Crippen LogP contribution in [0.25, 0.3) is 0 Å². The molecule has 2 rings (SSSR count). The number of nitrogens with zero attached hydrogens (tertiary/aromatic N) is 5. The SMILES string of the molecule is CCc1nncn1CCNC(=NC)NC1CCN(C(=O)C(C)C)C1.I. The van der Waals surface area contributed by atoms with Gasteiger partial charge >= 0.3 is 0 Å². The van der Waals surface area contributed by atoms with Crippen LogP contribution in [0.5, 0.6) is 0 Å². The summed E-state index contributed by atoms with van der Waals surface area (Å²) in [6.07, 6.45) is 3.57. The van der Waals surface area contributed by atoms with Crippen LogP contribution in [-0.2, 0) is 17.8 Å². The normalized spacial score (nSPS) is 17.6. The molecular formula is C16H30IN7O. The molecule has 0 radical (unpaired) electrons. The van der Waals surface area contributed by atoms with E-state index in [1.165, 1.54) is 0 Å². The monoisotopic (exact) mass is 463 g/mol. The molecule has 1 aliphatic rings. The van der Waals surface area contributed by atoms with E-state index < -0.39 is 0 Å². The molecule has 0 aliphatic carbocycles. The van der Waals surface area contributed by atoms with E-state index in [1.807, 2.05) is 23.3 Å². The largest absolute Gasteiger partial charge is 0.355 e. The Kier molecular flexibility index (Phi) is 9.15. The molecule has 0 bridgehead atoms. The van der Waals surface area contributed by atoms with Gasteiger partial charge in [-0.05, 0) is 6.42 Å². The summed E-state index contributed by atoms with van der Waals surface area (Å²) in [5, 5.41) is 14.7. The van der Waals surface area contributed by atoms with Crippen molar-refractivity contribution in [2.24, 2.45) is 10.9 Å². The van der Waals surface area contributed by atoms with Gasteiger partial charge in [0.15, 0.2) is 5.96 Å². The third-order valence-electron chi connectivity index (χ3n) is 4.22. The van der Waals surface area contributed by atoms with E-state index in [0.29, 0.717) is 0 Å². The van der Waals surface area contributed by atoms with Gasteiger partial charge in [0.1, 0.15) is 12.2 Å². The number of hydrogen-bond acceptors (Lipinski definition) is 4. The van der Waals surface area contributed by atoms with Crippen molar-refractivity contribution in [3.8, 4) is 0 Å². The van der Waals surface area contributed by atoms with Gasteiger partial charge < -0.3 is 20.1 Å². The highest BCUT2D eigenvalue weighted by Gasteiger charge is 2.27. The molecule has 9 heteroatoms. The molecule has 1 fully saturated rings. The molecule has 142 valence electrons. The number of likely N-dealkylation sites (tertiary alicyclic amines) is 1. The molecule has 1 unspecified atom stereocenters. The highest BCUT2D eigenvalue weighted by Crippen LogP contribution is 2.12. The van der Waals surface area contributed by atoms with E-state index in [-0.39, 0.29) is 41.8 Å². The van der Waals surface area contributed by atoms with E-state index in [2.05, 4.69) is 32.7 Å². The standard InChI is InChI=1S/C16H29N7O.HI/c1-5-14-21-19-11-23(14)9-7-18-16(17-4)20-13-6-8-22(10-13)15(24)12(2)3;/h11-13H,5-10H2,1-4H3,(H2,17,18,20);1H. The lowest BCUT2D eigenvalue weighted by atomic mass is 10.2. The van der Waals surface area contributed by atoms with Crippen molar-refractivity contribution in [3.05, 3.63) is 12.2 Å². The summed E-state index contributed by atoms with van der Waals surface area (Å²) >= 11 is 0. The van der Waals surface area contributed by atoms with Crippen LogP contribution in [0, 0.1) is 5.92 Å². The van der Waals surface area contributed by atoms with Crippen molar-refractivity contribution in [1.82, 2.24) is 30.3 Å². The van der Waals surface area contributed by atoms with Crippen LogP contribution >= 0.6 is 24.0 Å². The number of nitrogens with one attached hydrogen (secondary N) is 2. The quantitative estimate of drug-likeness (QED) is 0.372. The molecule has 1 saturated heterocycles. The maximum atomic E-state index is 12.0. The Bertz CT molecular complexity index is 573. The van der Waals surface area contributed by atoms with Crippen molar-refractivity contribution in [1.29, 1.82) is 0 Å². The zero-order valence-electron chi connectivity index (χ0n) is 15.5. The fourth-order valence-electron chi connectivity index (χ4n) is 2.87. The van der Waals surface area contributed by atoms with E-state index in [9.17, 15) is 4.79 Å². The van der Waals surface area contributed by atoms with E-state index in [1.54, 1.807) is 13.4 Å². The maximum absolute atomic E-state index is 12.0. The van der Waals surface area contributed by atoms with Gasteiger partial charge in [0, 0.05) is 51.6 Å². The Hall–Kier alpha value is -1.39. The van der Waals surface area contributed by atoms with E-state index >= 15 is 0 Å². The summed E-state index contributed by atoms with van der Waals surface area (Å²) in [4.78, 5) is 18.2. The second-order valence-electron chi connectivity index (χ2n) is 6.36. The first kappa shape index (κ1) is 21.7. The highest BCUT2D eigenvalue weighted by molar-refractivity contribution is 14.0. The van der Waals surface area contributed by atoms with Gasteiger partial charge in [-0.2, -0.15) is 0 Å². The van der Waals surface area contributed by atoms with Gasteiger partial charge in [0.25, 0.3) is 0 Å². The van der Waals surface area contributed by atoms with Gasteiger partial charge in [-0.1, -0.05) is 20.8 Å². The lowest BCUT2D eigenvalue weighted by Gasteiger charge is -2.20. The molecule has 2 N–H and O–H groups in total. The van der Waals surface area contributed by atoms with Crippen molar-refractivity contribution < 1.29 is 4.79 Å². The van der Waals surface area contributed by atoms with Crippen molar-refractivity contribution in [3.63, 3.8) is 0 Å². The third-order valence-corrected chi connectivity index (χ3v) is 4.22. The summed E-state index contributed by atoms with van der Waals surface area (Å²) in [6.45, 7) is 9.04. The smallest absolute Gasteiger partial charge is 0.225 e. The summed E-state index contributed by atoms with van der Waals surface area (Å²) < 4.78 is 2.04. The average molecular weight is 463 g/mol. The number of amides is 1. The first-order valence-electron chi connectivity index (χ1n) is 8.67. The fourth-order valence-corrected chi connectivity index (χ4v) is 2.87. The molecule has 0 aromatic carbocycles. The van der Waals surface area contributed by atoms with Crippen LogP contribution in [0.2, 0.25) is 0 Å². The number of rotatable bonds is 6. The Labute approximate surface area is 166 Å². The van der Waals surface area contributed by atoms with Crippen molar-refractivity contribution in [2.45, 2.75) is 46.2 Å². The number of hydrogen-bond donors (Lipinski definition) is 2. The molecule has 1 amide bonds. The number of aryl methyl sites for hydroxylation is 1. The summed E-state index contributed by atoms with van der Waals surface area (Å²) in [5.74, 6) is 2.03. The Morgan fingerprint density at radius 3 is 2.88 bits per heavy atom. The van der Waals surface area contributed by atoms with E-state index in [4.69, 9.17) is 0 Å². The molecule has 2 heterocycles. The molecule has 1 aliphatic heterocycles. The number of aromatic nitrogens is 3. The molecule has 1 atom stereocenters. The minimum absolute atomic E-state index is 0. The highest BCUT2D eigenvalue weighted by atomic mass is 127. The topological polar surface area (TPSA) is 87.4 Å². The van der Waals surface area contributed by atoms with Crippen LogP contribution in [0.15, 0.2) is 11.3 Å². The molecule has 0 spiro atoms. The van der Waals surface area contributed by atoms with Crippen LogP contribution in [-0.4, -0.2) is 64.3 Å². The molecule has 25 heavy (non-hydrogen) atoms. The van der Waals surface area contributed by atoms with Crippen LogP contribution in [0.1, 0.15) is 33.0 Å². The predicted molar refractivity (Wildman–Crippen MR) is 109 cm³/mol. The number of carbonyl (C=O) groups is 1. The van der Waals surface area contributed by atoms with Crippen molar-refractivity contribution >= 4 is 35.8 Å². The minimum Gasteiger partial charge on any atom is -0.355 e. The van der Waals surface area contributed by atoms with Gasteiger partial charge in [0.05, 0.1) is 0 Å². The van der Waals surface area contributed by atoms with Crippen LogP contribution in [0.4, 0.5) is 0 Å². The molecule has 8 nitrogen and oxygen atoms in total. The third kappa shape index (κ3) is 6.12. The average Bonchev–Trinajstić information content (AvgIpc) is 3.21. The van der Waals surface area contributed by atoms with Gasteiger partial charge in [-0.15, -0.1) is 34.2 Å². The Balaban J connectivity index is 0.00000312. The van der Waals surface area contributed by atoms with E-state index in [0.717, 1.165) is 50.8 Å². The zero-order chi connectivity index (χ0) is 17.5. The second-order valence-corrected chi connectivity index (χ2v) is 6.36. The van der Waals surface area contributed by atoms with Crippen LogP contribution in [0.3, 0.4) is 0 Å². The molecule has 1 aromatic rings. The van der Waals surface area contributed by atoms with Crippen molar-refractivity contribution in [2.75, 3.05) is 26.7 Å². The second kappa shape index (κ2) is 10.6. The fraction of sp³-hybridized carbons (Fsp3) is 0.750. The zero-order valence-corrected chi connectivity index (χ0v) is 17.9. The lowest BCUT2D eigenvalue weighted by Crippen LogP contribution is -2.46. The Morgan fingerprint density at radius 1 is 1.48 bits per heavy atom. The summed E-state index contributed by atoms with van der Waals surface area (Å²) in [7, 11) is 1.76. The van der Waals surface area contributed by atoms with Gasteiger partial charge in [-0.3, -0.25) is 9.79 Å². The van der Waals surface area contributed by atoms with Gasteiger partial charge in [-0.25, -0.2) is 0 Å². The first-order valence-corrected chi connectivity index (χ1v) is 8.67. The lowest BCUT2D eigenvalue weighted by molar-refractivity contribution is -0.133. The molecule has 0 saturated carbocycles. The number of guanidine groups is 1. The predicted octanol–water partition coefficient (Wildman–Crippen LogP) is 0.880. The summed E-state index contributed by atoms with van der Waals surface area (Å²) in [6, 6.07) is 0.250.